The molecule has 0 saturated carbocycles. The van der Waals surface area contributed by atoms with Crippen LogP contribution in [0.4, 0.5) is 0 Å². The lowest BCUT2D eigenvalue weighted by Crippen LogP contribution is -2.43. The van der Waals surface area contributed by atoms with Crippen molar-refractivity contribution >= 4 is 5.78 Å². The van der Waals surface area contributed by atoms with E-state index in [-0.39, 0.29) is 5.78 Å². The van der Waals surface area contributed by atoms with E-state index in [0.29, 0.717) is 23.5 Å². The molecule has 4 heteroatoms. The number of hydrogen-bond donors (Lipinski definition) is 0. The van der Waals surface area contributed by atoms with E-state index < -0.39 is 0 Å². The fourth-order valence-corrected chi connectivity index (χ4v) is 3.54. The number of Topliss-reactive ketones (excluding diaryl/α,β-unsaturated/α-hetero) is 1. The fourth-order valence-electron chi connectivity index (χ4n) is 3.54. The summed E-state index contributed by atoms with van der Waals surface area (Å²) in [7, 11) is 4.48. The molecule has 0 fully saturated rings. The Hall–Kier alpha value is -1.86. The number of nitriles is 1. The number of hydrogen-bond acceptors (Lipinski definition) is 3. The van der Waals surface area contributed by atoms with Gasteiger partial charge in [-0.15, -0.1) is 0 Å². The van der Waals surface area contributed by atoms with Crippen molar-refractivity contribution in [3.05, 3.63) is 29.3 Å². The minimum Gasteiger partial charge on any atom is -0.487 e. The number of ketones is 1. The molecule has 0 aromatic heterocycles. The summed E-state index contributed by atoms with van der Waals surface area (Å²) in [4.78, 5) is 11.8. The molecule has 1 rings (SSSR count). The van der Waals surface area contributed by atoms with E-state index in [1.54, 1.807) is 18.2 Å². The molecule has 0 bridgehead atoms. The van der Waals surface area contributed by atoms with Crippen molar-refractivity contribution in [3.63, 3.8) is 0 Å². The molecule has 0 amide bonds. The number of likely N-dealkylation sites (N-methyl/N-ethyl adjacent to an activating group) is 1. The topological polar surface area (TPSA) is 50.1 Å². The van der Waals surface area contributed by atoms with E-state index in [1.165, 1.54) is 71.1 Å². The molecule has 0 N–H and O–H groups in total. The minimum absolute atomic E-state index is 0.0730. The van der Waals surface area contributed by atoms with Crippen LogP contribution in [0.3, 0.4) is 0 Å². The molecule has 0 heterocycles. The first-order valence-electron chi connectivity index (χ1n) is 11.4. The zero-order valence-electron chi connectivity index (χ0n) is 19.1. The van der Waals surface area contributed by atoms with E-state index in [9.17, 15) is 4.79 Å². The Balaban J connectivity index is 2.22. The normalized spacial score (nSPS) is 11.3. The van der Waals surface area contributed by atoms with Gasteiger partial charge in [0.2, 0.25) is 0 Å². The minimum atomic E-state index is -0.0730. The second-order valence-electron chi connectivity index (χ2n) is 8.79. The monoisotopic (exact) mass is 401 g/mol. The molecule has 1 aromatic rings. The third-order valence-corrected chi connectivity index (χ3v) is 5.56. The Morgan fingerprint density at radius 3 is 2.10 bits per heavy atom. The molecule has 4 nitrogen and oxygen atoms in total. The van der Waals surface area contributed by atoms with E-state index >= 15 is 0 Å². The van der Waals surface area contributed by atoms with Crippen LogP contribution in [0.1, 0.15) is 94.0 Å². The van der Waals surface area contributed by atoms with E-state index in [2.05, 4.69) is 27.1 Å². The summed E-state index contributed by atoms with van der Waals surface area (Å²) in [5.74, 6) is 0.506. The molecule has 0 aliphatic carbocycles. The smallest absolute Gasteiger partial charge is 0.163 e. The number of carbonyl (C=O) groups is 1. The second kappa shape index (κ2) is 14.2. The van der Waals surface area contributed by atoms with Gasteiger partial charge in [-0.25, -0.2) is 0 Å². The first-order chi connectivity index (χ1) is 13.9. The molecule has 0 saturated heterocycles. The van der Waals surface area contributed by atoms with Gasteiger partial charge in [0.25, 0.3) is 0 Å². The van der Waals surface area contributed by atoms with Crippen molar-refractivity contribution in [2.45, 2.75) is 78.1 Å². The molecule has 0 aliphatic heterocycles. The van der Waals surface area contributed by atoms with Crippen LogP contribution in [0.5, 0.6) is 5.75 Å². The molecule has 0 radical (unpaired) electrons. The van der Waals surface area contributed by atoms with Gasteiger partial charge >= 0.3 is 0 Å². The summed E-state index contributed by atoms with van der Waals surface area (Å²) >= 11 is 0. The second-order valence-corrected chi connectivity index (χ2v) is 8.79. The van der Waals surface area contributed by atoms with Crippen LogP contribution in [-0.2, 0) is 0 Å². The van der Waals surface area contributed by atoms with E-state index in [0.717, 1.165) is 17.6 Å². The Kier molecular flexibility index (Phi) is 12.3. The van der Waals surface area contributed by atoms with Gasteiger partial charge in [0.1, 0.15) is 18.9 Å². The first-order valence-corrected chi connectivity index (χ1v) is 11.4. The van der Waals surface area contributed by atoms with Gasteiger partial charge in [-0.05, 0) is 38.0 Å². The molecule has 0 aliphatic rings. The maximum absolute atomic E-state index is 11.8. The standard InChI is InChI=1S/C25H41N2O2/c1-5-6-7-8-9-10-11-12-13-14-17-27(3,4)18-19-29-25-16-15-23(21-26)20-24(25)22(2)28/h15-16,20H,5-14,17-19H2,1-4H3/q+1. The summed E-state index contributed by atoms with van der Waals surface area (Å²) in [5.41, 5.74) is 0.976. The molecule has 29 heavy (non-hydrogen) atoms. The van der Waals surface area contributed by atoms with Gasteiger partial charge < -0.3 is 9.22 Å². The van der Waals surface area contributed by atoms with Gasteiger partial charge in [-0.3, -0.25) is 4.79 Å². The maximum atomic E-state index is 11.8. The lowest BCUT2D eigenvalue weighted by Gasteiger charge is -2.29. The summed E-state index contributed by atoms with van der Waals surface area (Å²) in [6.07, 6.45) is 13.6. The van der Waals surface area contributed by atoms with Crippen molar-refractivity contribution in [2.75, 3.05) is 33.8 Å². The summed E-state index contributed by atoms with van der Waals surface area (Å²) < 4.78 is 6.81. The van der Waals surface area contributed by atoms with Crippen molar-refractivity contribution in [3.8, 4) is 11.8 Å². The quantitative estimate of drug-likeness (QED) is 0.190. The van der Waals surface area contributed by atoms with Crippen molar-refractivity contribution in [2.24, 2.45) is 0 Å². The van der Waals surface area contributed by atoms with Crippen LogP contribution in [0, 0.1) is 11.3 Å². The average Bonchev–Trinajstić information content (AvgIpc) is 2.69. The number of unbranched alkanes of at least 4 members (excludes halogenated alkanes) is 9. The number of benzene rings is 1. The van der Waals surface area contributed by atoms with Gasteiger partial charge in [-0.2, -0.15) is 5.26 Å². The summed E-state index contributed by atoms with van der Waals surface area (Å²) in [6.45, 7) is 6.38. The number of nitrogens with zero attached hydrogens (tertiary/aromatic N) is 2. The van der Waals surface area contributed by atoms with Gasteiger partial charge in [0.15, 0.2) is 5.78 Å². The van der Waals surface area contributed by atoms with Crippen molar-refractivity contribution < 1.29 is 14.0 Å². The van der Waals surface area contributed by atoms with E-state index in [1.807, 2.05) is 0 Å². The van der Waals surface area contributed by atoms with Crippen LogP contribution in [0.15, 0.2) is 18.2 Å². The molecular formula is C25H41N2O2+. The van der Waals surface area contributed by atoms with Gasteiger partial charge in [0, 0.05) is 0 Å². The Morgan fingerprint density at radius 2 is 1.55 bits per heavy atom. The predicted octanol–water partition coefficient (Wildman–Crippen LogP) is 6.14. The van der Waals surface area contributed by atoms with Crippen LogP contribution in [-0.4, -0.2) is 44.1 Å². The fraction of sp³-hybridized carbons (Fsp3) is 0.680. The van der Waals surface area contributed by atoms with E-state index in [4.69, 9.17) is 10.00 Å². The third kappa shape index (κ3) is 11.0. The molecule has 0 unspecified atom stereocenters. The highest BCUT2D eigenvalue weighted by Gasteiger charge is 2.16. The van der Waals surface area contributed by atoms with Crippen LogP contribution in [0.25, 0.3) is 0 Å². The summed E-state index contributed by atoms with van der Waals surface area (Å²) in [5, 5.41) is 9.01. The number of ether oxygens (including phenoxy) is 1. The van der Waals surface area contributed by atoms with Crippen molar-refractivity contribution in [1.29, 1.82) is 5.26 Å². The number of rotatable bonds is 16. The van der Waals surface area contributed by atoms with Gasteiger partial charge in [0.05, 0.1) is 37.8 Å². The molecule has 162 valence electrons. The molecule has 1 aromatic carbocycles. The Morgan fingerprint density at radius 1 is 0.966 bits per heavy atom. The zero-order valence-corrected chi connectivity index (χ0v) is 19.1. The van der Waals surface area contributed by atoms with Crippen LogP contribution in [0.2, 0.25) is 0 Å². The lowest BCUT2D eigenvalue weighted by atomic mass is 10.1. The maximum Gasteiger partial charge on any atom is 0.163 e. The Bertz CT molecular complexity index is 647. The highest BCUT2D eigenvalue weighted by atomic mass is 16.5. The highest BCUT2D eigenvalue weighted by Crippen LogP contribution is 2.21. The van der Waals surface area contributed by atoms with Crippen LogP contribution >= 0.6 is 0 Å². The Labute approximate surface area is 178 Å². The lowest BCUT2D eigenvalue weighted by molar-refractivity contribution is -0.890. The predicted molar refractivity (Wildman–Crippen MR) is 120 cm³/mol. The van der Waals surface area contributed by atoms with Crippen molar-refractivity contribution in [1.82, 2.24) is 0 Å². The SMILES string of the molecule is CCCCCCCCCCCC[N+](C)(C)CCOc1ccc(C#N)cc1C(C)=O. The highest BCUT2D eigenvalue weighted by molar-refractivity contribution is 5.97. The van der Waals surface area contributed by atoms with Gasteiger partial charge in [-0.1, -0.05) is 58.3 Å². The first kappa shape index (κ1) is 25.2. The molecular weight excluding hydrogens is 360 g/mol. The zero-order chi connectivity index (χ0) is 21.5. The van der Waals surface area contributed by atoms with Crippen LogP contribution < -0.4 is 4.74 Å². The number of carbonyl (C=O) groups excluding carboxylic acids is 1. The molecule has 0 spiro atoms. The number of quaternary nitrogens is 1. The largest absolute Gasteiger partial charge is 0.487 e. The third-order valence-electron chi connectivity index (χ3n) is 5.56. The molecule has 0 atom stereocenters. The summed E-state index contributed by atoms with van der Waals surface area (Å²) in [6, 6.07) is 7.12. The average molecular weight is 402 g/mol.